The molecule has 0 radical (unpaired) electrons. The SMILES string of the molecule is CCCc1nccn1CC(NCC)C1CC1. The zero-order chi connectivity index (χ0) is 11.4. The van der Waals surface area contributed by atoms with E-state index in [0.29, 0.717) is 6.04 Å². The van der Waals surface area contributed by atoms with Gasteiger partial charge in [0.1, 0.15) is 5.82 Å². The Morgan fingerprint density at radius 1 is 1.50 bits per heavy atom. The number of hydrogen-bond donors (Lipinski definition) is 1. The maximum atomic E-state index is 4.43. The second-order valence-corrected chi connectivity index (χ2v) is 4.75. The highest BCUT2D eigenvalue weighted by Gasteiger charge is 2.30. The molecule has 1 aromatic rings. The van der Waals surface area contributed by atoms with E-state index in [1.165, 1.54) is 25.1 Å². The molecule has 1 fully saturated rings. The van der Waals surface area contributed by atoms with Crippen LogP contribution in [0.4, 0.5) is 0 Å². The van der Waals surface area contributed by atoms with Crippen molar-refractivity contribution >= 4 is 0 Å². The molecule has 3 heteroatoms. The number of imidazole rings is 1. The summed E-state index contributed by atoms with van der Waals surface area (Å²) in [6, 6.07) is 0.648. The molecule has 1 aliphatic carbocycles. The standard InChI is InChI=1S/C13H23N3/c1-3-5-13-15-8-9-16(13)10-12(14-4-2)11-6-7-11/h8-9,11-12,14H,3-7,10H2,1-2H3. The minimum absolute atomic E-state index is 0.648. The van der Waals surface area contributed by atoms with Crippen molar-refractivity contribution in [3.63, 3.8) is 0 Å². The van der Waals surface area contributed by atoms with Crippen LogP contribution in [0.5, 0.6) is 0 Å². The Balaban J connectivity index is 1.97. The molecule has 0 aliphatic heterocycles. The Kier molecular flexibility index (Phi) is 3.99. The topological polar surface area (TPSA) is 29.9 Å². The minimum Gasteiger partial charge on any atom is -0.333 e. The number of hydrogen-bond acceptors (Lipinski definition) is 2. The molecule has 0 amide bonds. The van der Waals surface area contributed by atoms with Crippen LogP contribution in [-0.2, 0) is 13.0 Å². The molecule has 0 aromatic carbocycles. The van der Waals surface area contributed by atoms with Crippen molar-refractivity contribution < 1.29 is 0 Å². The molecule has 1 unspecified atom stereocenters. The van der Waals surface area contributed by atoms with E-state index in [2.05, 4.69) is 34.9 Å². The average Bonchev–Trinajstić information content (AvgIpc) is 3.03. The molecule has 2 rings (SSSR count). The number of aromatic nitrogens is 2. The quantitative estimate of drug-likeness (QED) is 0.765. The monoisotopic (exact) mass is 221 g/mol. The lowest BCUT2D eigenvalue weighted by Crippen LogP contribution is -2.35. The summed E-state index contributed by atoms with van der Waals surface area (Å²) in [5, 5.41) is 3.60. The molecule has 16 heavy (non-hydrogen) atoms. The Labute approximate surface area is 98.3 Å². The van der Waals surface area contributed by atoms with Crippen molar-refractivity contribution in [3.8, 4) is 0 Å². The molecule has 1 atom stereocenters. The summed E-state index contributed by atoms with van der Waals surface area (Å²) < 4.78 is 2.33. The Bertz CT molecular complexity index is 315. The van der Waals surface area contributed by atoms with Crippen LogP contribution in [0.3, 0.4) is 0 Å². The number of nitrogens with one attached hydrogen (secondary N) is 1. The minimum atomic E-state index is 0.648. The molecule has 3 nitrogen and oxygen atoms in total. The first kappa shape index (κ1) is 11.6. The maximum Gasteiger partial charge on any atom is 0.108 e. The van der Waals surface area contributed by atoms with E-state index in [0.717, 1.165) is 25.4 Å². The van der Waals surface area contributed by atoms with Gasteiger partial charge in [0.05, 0.1) is 0 Å². The summed E-state index contributed by atoms with van der Waals surface area (Å²) in [5.41, 5.74) is 0. The number of aryl methyl sites for hydroxylation is 1. The lowest BCUT2D eigenvalue weighted by atomic mass is 10.2. The predicted molar refractivity (Wildman–Crippen MR) is 66.4 cm³/mol. The Morgan fingerprint density at radius 3 is 2.94 bits per heavy atom. The van der Waals surface area contributed by atoms with Crippen molar-refractivity contribution in [2.75, 3.05) is 6.54 Å². The summed E-state index contributed by atoms with van der Waals surface area (Å²) in [6.45, 7) is 6.56. The smallest absolute Gasteiger partial charge is 0.108 e. The molecule has 1 heterocycles. The zero-order valence-electron chi connectivity index (χ0n) is 10.4. The Morgan fingerprint density at radius 2 is 2.31 bits per heavy atom. The fourth-order valence-corrected chi connectivity index (χ4v) is 2.31. The van der Waals surface area contributed by atoms with Gasteiger partial charge >= 0.3 is 0 Å². The van der Waals surface area contributed by atoms with Gasteiger partial charge in [0.2, 0.25) is 0 Å². The first-order valence-electron chi connectivity index (χ1n) is 6.58. The van der Waals surface area contributed by atoms with E-state index in [1.54, 1.807) is 0 Å². The first-order valence-corrected chi connectivity index (χ1v) is 6.58. The fraction of sp³-hybridized carbons (Fsp3) is 0.769. The van der Waals surface area contributed by atoms with Crippen molar-refractivity contribution in [1.29, 1.82) is 0 Å². The second kappa shape index (κ2) is 5.48. The van der Waals surface area contributed by atoms with Crippen LogP contribution in [0.25, 0.3) is 0 Å². The van der Waals surface area contributed by atoms with Gasteiger partial charge in [0, 0.05) is 31.4 Å². The highest BCUT2D eigenvalue weighted by molar-refractivity contribution is 4.95. The van der Waals surface area contributed by atoms with E-state index in [9.17, 15) is 0 Å². The molecule has 1 aromatic heterocycles. The summed E-state index contributed by atoms with van der Waals surface area (Å²) in [6.07, 6.45) is 9.12. The zero-order valence-corrected chi connectivity index (χ0v) is 10.4. The van der Waals surface area contributed by atoms with E-state index < -0.39 is 0 Å². The summed E-state index contributed by atoms with van der Waals surface area (Å²) in [4.78, 5) is 4.43. The van der Waals surface area contributed by atoms with E-state index in [1.807, 2.05) is 6.20 Å². The summed E-state index contributed by atoms with van der Waals surface area (Å²) in [5.74, 6) is 2.14. The van der Waals surface area contributed by atoms with Crippen LogP contribution < -0.4 is 5.32 Å². The number of rotatable bonds is 7. The third kappa shape index (κ3) is 2.85. The third-order valence-corrected chi connectivity index (χ3v) is 3.33. The van der Waals surface area contributed by atoms with Crippen LogP contribution in [0.15, 0.2) is 12.4 Å². The highest BCUT2D eigenvalue weighted by atomic mass is 15.1. The van der Waals surface area contributed by atoms with Gasteiger partial charge in [-0.15, -0.1) is 0 Å². The van der Waals surface area contributed by atoms with Crippen LogP contribution in [0, 0.1) is 5.92 Å². The number of nitrogens with zero attached hydrogens (tertiary/aromatic N) is 2. The molecule has 0 saturated heterocycles. The lowest BCUT2D eigenvalue weighted by Gasteiger charge is -2.19. The molecule has 0 spiro atoms. The summed E-state index contributed by atoms with van der Waals surface area (Å²) >= 11 is 0. The normalized spacial score (nSPS) is 17.6. The first-order chi connectivity index (χ1) is 7.85. The second-order valence-electron chi connectivity index (χ2n) is 4.75. The van der Waals surface area contributed by atoms with E-state index in [4.69, 9.17) is 0 Å². The van der Waals surface area contributed by atoms with Crippen LogP contribution in [-0.4, -0.2) is 22.1 Å². The van der Waals surface area contributed by atoms with Crippen molar-refractivity contribution in [3.05, 3.63) is 18.2 Å². The van der Waals surface area contributed by atoms with Gasteiger partial charge in [-0.3, -0.25) is 0 Å². The van der Waals surface area contributed by atoms with Gasteiger partial charge in [-0.2, -0.15) is 0 Å². The highest BCUT2D eigenvalue weighted by Crippen LogP contribution is 2.33. The van der Waals surface area contributed by atoms with Crippen LogP contribution in [0.1, 0.15) is 38.9 Å². The van der Waals surface area contributed by atoms with Crippen molar-refractivity contribution in [2.45, 2.75) is 52.1 Å². The van der Waals surface area contributed by atoms with Crippen LogP contribution in [0.2, 0.25) is 0 Å². The van der Waals surface area contributed by atoms with Gasteiger partial charge in [0.25, 0.3) is 0 Å². The molecule has 90 valence electrons. The Hall–Kier alpha value is -0.830. The average molecular weight is 221 g/mol. The van der Waals surface area contributed by atoms with Crippen molar-refractivity contribution in [2.24, 2.45) is 5.92 Å². The molecular weight excluding hydrogens is 198 g/mol. The van der Waals surface area contributed by atoms with Gasteiger partial charge in [0.15, 0.2) is 0 Å². The van der Waals surface area contributed by atoms with Gasteiger partial charge in [-0.25, -0.2) is 4.98 Å². The molecule has 1 aliphatic rings. The largest absolute Gasteiger partial charge is 0.333 e. The van der Waals surface area contributed by atoms with Gasteiger partial charge in [-0.05, 0) is 31.7 Å². The lowest BCUT2D eigenvalue weighted by molar-refractivity contribution is 0.409. The predicted octanol–water partition coefficient (Wildman–Crippen LogP) is 2.22. The third-order valence-electron chi connectivity index (χ3n) is 3.33. The molecule has 1 N–H and O–H groups in total. The fourth-order valence-electron chi connectivity index (χ4n) is 2.31. The molecule has 0 bridgehead atoms. The van der Waals surface area contributed by atoms with Gasteiger partial charge in [-0.1, -0.05) is 13.8 Å². The van der Waals surface area contributed by atoms with E-state index in [-0.39, 0.29) is 0 Å². The number of likely N-dealkylation sites (N-methyl/N-ethyl adjacent to an activating group) is 1. The molecule has 1 saturated carbocycles. The van der Waals surface area contributed by atoms with Crippen molar-refractivity contribution in [1.82, 2.24) is 14.9 Å². The van der Waals surface area contributed by atoms with E-state index >= 15 is 0 Å². The van der Waals surface area contributed by atoms with Crippen LogP contribution >= 0.6 is 0 Å². The maximum absolute atomic E-state index is 4.43. The van der Waals surface area contributed by atoms with Gasteiger partial charge < -0.3 is 9.88 Å². The molecular formula is C13H23N3. The summed E-state index contributed by atoms with van der Waals surface area (Å²) in [7, 11) is 0.